The van der Waals surface area contributed by atoms with Gasteiger partial charge in [0, 0.05) is 29.7 Å². The van der Waals surface area contributed by atoms with Crippen molar-refractivity contribution in [2.75, 3.05) is 7.05 Å². The Bertz CT molecular complexity index is 934. The Morgan fingerprint density at radius 1 is 1.14 bits per heavy atom. The van der Waals surface area contributed by atoms with E-state index in [-0.39, 0.29) is 5.91 Å². The summed E-state index contributed by atoms with van der Waals surface area (Å²) >= 11 is 5.95. The molecule has 146 valence electrons. The second-order valence-electron chi connectivity index (χ2n) is 7.13. The van der Waals surface area contributed by atoms with E-state index in [2.05, 4.69) is 53.4 Å². The predicted molar refractivity (Wildman–Crippen MR) is 113 cm³/mol. The van der Waals surface area contributed by atoms with Crippen molar-refractivity contribution in [1.82, 2.24) is 20.4 Å². The average molecular weight is 397 g/mol. The van der Waals surface area contributed by atoms with E-state index in [0.29, 0.717) is 28.9 Å². The molecule has 0 aliphatic carbocycles. The number of hydrogen-bond acceptors (Lipinski definition) is 3. The van der Waals surface area contributed by atoms with Crippen LogP contribution in [-0.2, 0) is 13.1 Å². The first kappa shape index (κ1) is 20.1. The number of aromatic nitrogens is 2. The van der Waals surface area contributed by atoms with Crippen molar-refractivity contribution in [3.8, 4) is 11.3 Å². The first-order valence-electron chi connectivity index (χ1n) is 9.30. The maximum atomic E-state index is 12.8. The zero-order chi connectivity index (χ0) is 20.1. The second-order valence-corrected chi connectivity index (χ2v) is 7.56. The summed E-state index contributed by atoms with van der Waals surface area (Å²) in [6.45, 7) is 5.64. The van der Waals surface area contributed by atoms with Crippen molar-refractivity contribution in [1.29, 1.82) is 0 Å². The lowest BCUT2D eigenvalue weighted by atomic mass is 10.1. The molecule has 3 aromatic rings. The standard InChI is InChI=1S/C22H25ClN4O/c1-15(2)27(3)14-18-7-5-4-6-17(18)12-24-22(28)20-13-25-26-21(20)16-8-10-19(23)11-9-16/h4-11,13,15H,12,14H2,1-3H3,(H,24,28)(H,25,26). The smallest absolute Gasteiger partial charge is 0.255 e. The fraction of sp³-hybridized carbons (Fsp3) is 0.273. The first-order valence-corrected chi connectivity index (χ1v) is 9.68. The normalized spacial score (nSPS) is 11.2. The Hall–Kier alpha value is -2.63. The number of amides is 1. The van der Waals surface area contributed by atoms with Gasteiger partial charge in [-0.25, -0.2) is 0 Å². The molecule has 0 unspecified atom stereocenters. The van der Waals surface area contributed by atoms with E-state index in [1.807, 2.05) is 24.3 Å². The second kappa shape index (κ2) is 9.04. The van der Waals surface area contributed by atoms with Gasteiger partial charge < -0.3 is 5.32 Å². The number of hydrogen-bond donors (Lipinski definition) is 2. The molecule has 0 aliphatic heterocycles. The molecule has 0 saturated carbocycles. The molecule has 0 atom stereocenters. The van der Waals surface area contributed by atoms with Gasteiger partial charge in [-0.2, -0.15) is 5.10 Å². The summed E-state index contributed by atoms with van der Waals surface area (Å²) in [5.41, 5.74) is 4.39. The lowest BCUT2D eigenvalue weighted by Crippen LogP contribution is -2.27. The van der Waals surface area contributed by atoms with Crippen LogP contribution in [0.4, 0.5) is 0 Å². The number of nitrogens with zero attached hydrogens (tertiary/aromatic N) is 2. The van der Waals surface area contributed by atoms with Crippen molar-refractivity contribution >= 4 is 17.5 Å². The Morgan fingerprint density at radius 2 is 1.82 bits per heavy atom. The van der Waals surface area contributed by atoms with E-state index < -0.39 is 0 Å². The minimum absolute atomic E-state index is 0.161. The van der Waals surface area contributed by atoms with Gasteiger partial charge in [-0.15, -0.1) is 0 Å². The first-order chi connectivity index (χ1) is 13.5. The zero-order valence-corrected chi connectivity index (χ0v) is 17.1. The van der Waals surface area contributed by atoms with Crippen molar-refractivity contribution in [3.05, 3.63) is 76.4 Å². The summed E-state index contributed by atoms with van der Waals surface area (Å²) < 4.78 is 0. The van der Waals surface area contributed by atoms with Gasteiger partial charge in [0.25, 0.3) is 5.91 Å². The van der Waals surface area contributed by atoms with E-state index in [1.165, 1.54) is 5.56 Å². The van der Waals surface area contributed by atoms with Crippen LogP contribution >= 0.6 is 11.6 Å². The largest absolute Gasteiger partial charge is 0.348 e. The highest BCUT2D eigenvalue weighted by atomic mass is 35.5. The molecule has 28 heavy (non-hydrogen) atoms. The Kier molecular flexibility index (Phi) is 6.49. The Morgan fingerprint density at radius 3 is 2.50 bits per heavy atom. The molecule has 1 heterocycles. The van der Waals surface area contributed by atoms with Crippen LogP contribution < -0.4 is 5.32 Å². The van der Waals surface area contributed by atoms with Crippen LogP contribution in [0.25, 0.3) is 11.3 Å². The molecule has 0 fully saturated rings. The van der Waals surface area contributed by atoms with E-state index in [0.717, 1.165) is 17.7 Å². The highest BCUT2D eigenvalue weighted by molar-refractivity contribution is 6.30. The van der Waals surface area contributed by atoms with Crippen molar-refractivity contribution in [2.45, 2.75) is 33.0 Å². The summed E-state index contributed by atoms with van der Waals surface area (Å²) in [5.74, 6) is -0.161. The minimum atomic E-state index is -0.161. The summed E-state index contributed by atoms with van der Waals surface area (Å²) in [4.78, 5) is 15.0. The number of H-pyrrole nitrogens is 1. The molecule has 2 N–H and O–H groups in total. The molecule has 6 heteroatoms. The maximum Gasteiger partial charge on any atom is 0.255 e. The summed E-state index contributed by atoms with van der Waals surface area (Å²) in [5, 5.41) is 10.6. The topological polar surface area (TPSA) is 61.0 Å². The fourth-order valence-electron chi connectivity index (χ4n) is 2.90. The number of benzene rings is 2. The van der Waals surface area contributed by atoms with E-state index >= 15 is 0 Å². The van der Waals surface area contributed by atoms with Crippen LogP contribution in [0.5, 0.6) is 0 Å². The predicted octanol–water partition coefficient (Wildman–Crippen LogP) is 4.50. The number of nitrogens with one attached hydrogen (secondary N) is 2. The van der Waals surface area contributed by atoms with Crippen molar-refractivity contribution in [2.24, 2.45) is 0 Å². The van der Waals surface area contributed by atoms with E-state index in [9.17, 15) is 4.79 Å². The van der Waals surface area contributed by atoms with Crippen LogP contribution in [0, 0.1) is 0 Å². The minimum Gasteiger partial charge on any atom is -0.348 e. The van der Waals surface area contributed by atoms with Crippen LogP contribution in [-0.4, -0.2) is 34.1 Å². The van der Waals surface area contributed by atoms with E-state index in [1.54, 1.807) is 18.3 Å². The third-order valence-corrected chi connectivity index (χ3v) is 5.13. The zero-order valence-electron chi connectivity index (χ0n) is 16.4. The molecule has 3 rings (SSSR count). The van der Waals surface area contributed by atoms with Gasteiger partial charge in [0.1, 0.15) is 0 Å². The molecule has 1 amide bonds. The number of rotatable bonds is 7. The van der Waals surface area contributed by atoms with Gasteiger partial charge >= 0.3 is 0 Å². The van der Waals surface area contributed by atoms with Crippen LogP contribution in [0.1, 0.15) is 35.3 Å². The lowest BCUT2D eigenvalue weighted by molar-refractivity contribution is 0.0951. The van der Waals surface area contributed by atoms with Crippen molar-refractivity contribution in [3.63, 3.8) is 0 Å². The molecule has 0 bridgehead atoms. The average Bonchev–Trinajstić information content (AvgIpc) is 3.17. The number of carbonyl (C=O) groups is 1. The van der Waals surface area contributed by atoms with Gasteiger partial charge in [-0.3, -0.25) is 14.8 Å². The van der Waals surface area contributed by atoms with Crippen molar-refractivity contribution < 1.29 is 4.79 Å². The van der Waals surface area contributed by atoms with Crippen LogP contribution in [0.3, 0.4) is 0 Å². The van der Waals surface area contributed by atoms with Gasteiger partial charge in [0.05, 0.1) is 17.5 Å². The Balaban J connectivity index is 1.72. The molecular weight excluding hydrogens is 372 g/mol. The monoisotopic (exact) mass is 396 g/mol. The van der Waals surface area contributed by atoms with Gasteiger partial charge in [0.2, 0.25) is 0 Å². The highest BCUT2D eigenvalue weighted by Gasteiger charge is 2.16. The maximum absolute atomic E-state index is 12.8. The van der Waals surface area contributed by atoms with Crippen LogP contribution in [0.2, 0.25) is 5.02 Å². The summed E-state index contributed by atoms with van der Waals surface area (Å²) in [6.07, 6.45) is 1.55. The van der Waals surface area contributed by atoms with Gasteiger partial charge in [0.15, 0.2) is 0 Å². The molecule has 0 saturated heterocycles. The SMILES string of the molecule is CC(C)N(C)Cc1ccccc1CNC(=O)c1cn[nH]c1-c1ccc(Cl)cc1. The van der Waals surface area contributed by atoms with Crippen LogP contribution in [0.15, 0.2) is 54.7 Å². The quantitative estimate of drug-likeness (QED) is 0.618. The number of aromatic amines is 1. The molecular formula is C22H25ClN4O. The highest BCUT2D eigenvalue weighted by Crippen LogP contribution is 2.23. The summed E-state index contributed by atoms with van der Waals surface area (Å²) in [6, 6.07) is 16.0. The Labute approximate surface area is 170 Å². The molecule has 0 radical (unpaired) electrons. The third kappa shape index (κ3) is 4.80. The number of carbonyl (C=O) groups excluding carboxylic acids is 1. The van der Waals surface area contributed by atoms with Gasteiger partial charge in [-0.1, -0.05) is 48.0 Å². The molecule has 1 aromatic heterocycles. The molecule has 5 nitrogen and oxygen atoms in total. The van der Waals surface area contributed by atoms with Gasteiger partial charge in [-0.05, 0) is 44.2 Å². The third-order valence-electron chi connectivity index (χ3n) is 4.88. The molecule has 2 aromatic carbocycles. The molecule has 0 aliphatic rings. The molecule has 0 spiro atoms. The number of halogens is 1. The fourth-order valence-corrected chi connectivity index (χ4v) is 3.03. The summed E-state index contributed by atoms with van der Waals surface area (Å²) in [7, 11) is 2.10. The lowest BCUT2D eigenvalue weighted by Gasteiger charge is -2.22. The van der Waals surface area contributed by atoms with E-state index in [4.69, 9.17) is 11.6 Å².